The Morgan fingerprint density at radius 3 is 3.43 bits per heavy atom. The molecule has 0 bridgehead atoms. The van der Waals surface area contributed by atoms with Crippen molar-refractivity contribution in [3.63, 3.8) is 0 Å². The third kappa shape index (κ3) is 0.907. The van der Waals surface area contributed by atoms with Crippen LogP contribution in [0.25, 0.3) is 11.0 Å². The predicted octanol–water partition coefficient (Wildman–Crippen LogP) is 1.39. The number of aromatic nitrogens is 2. The van der Waals surface area contributed by atoms with Crippen LogP contribution in [0.3, 0.4) is 0 Å². The van der Waals surface area contributed by atoms with E-state index in [2.05, 4.69) is 21.9 Å². The van der Waals surface area contributed by atoms with Gasteiger partial charge in [-0.2, -0.15) is 0 Å². The van der Waals surface area contributed by atoms with E-state index in [0.717, 1.165) is 35.6 Å². The number of likely N-dealkylation sites (N-methyl/N-ethyl adjacent to an activating group) is 1. The molecule has 0 unspecified atom stereocenters. The number of ether oxygens (including phenoxy) is 1. The van der Waals surface area contributed by atoms with Crippen LogP contribution in [-0.2, 0) is 0 Å². The van der Waals surface area contributed by atoms with Crippen molar-refractivity contribution in [1.29, 1.82) is 0 Å². The van der Waals surface area contributed by atoms with Gasteiger partial charge in [0.25, 0.3) is 0 Å². The van der Waals surface area contributed by atoms with E-state index in [1.54, 1.807) is 6.20 Å². The van der Waals surface area contributed by atoms with Crippen molar-refractivity contribution >= 4 is 16.7 Å². The Morgan fingerprint density at radius 1 is 1.57 bits per heavy atom. The summed E-state index contributed by atoms with van der Waals surface area (Å²) in [4.78, 5) is 9.58. The van der Waals surface area contributed by atoms with E-state index < -0.39 is 0 Å². The fourth-order valence-corrected chi connectivity index (χ4v) is 1.88. The Labute approximate surface area is 81.5 Å². The lowest BCUT2D eigenvalue weighted by Gasteiger charge is -2.27. The first-order chi connectivity index (χ1) is 6.86. The normalized spacial score (nSPS) is 15.4. The number of pyridine rings is 1. The molecular formula is C10H11N3O. The van der Waals surface area contributed by atoms with Gasteiger partial charge in [-0.05, 0) is 6.07 Å². The molecule has 0 atom stereocenters. The van der Waals surface area contributed by atoms with E-state index in [4.69, 9.17) is 4.74 Å². The average molecular weight is 189 g/mol. The van der Waals surface area contributed by atoms with Crippen molar-refractivity contribution in [1.82, 2.24) is 9.97 Å². The van der Waals surface area contributed by atoms with E-state index in [9.17, 15) is 0 Å². The lowest BCUT2D eigenvalue weighted by Crippen LogP contribution is -2.29. The summed E-state index contributed by atoms with van der Waals surface area (Å²) in [7, 11) is 2.08. The van der Waals surface area contributed by atoms with Gasteiger partial charge >= 0.3 is 0 Å². The summed E-state index contributed by atoms with van der Waals surface area (Å²) >= 11 is 0. The second-order valence-electron chi connectivity index (χ2n) is 3.48. The minimum atomic E-state index is 0.737. The van der Waals surface area contributed by atoms with Gasteiger partial charge in [0.1, 0.15) is 12.3 Å². The van der Waals surface area contributed by atoms with Crippen molar-refractivity contribution in [2.75, 3.05) is 25.1 Å². The van der Waals surface area contributed by atoms with Crippen molar-refractivity contribution in [2.24, 2.45) is 0 Å². The molecule has 72 valence electrons. The molecule has 2 aromatic rings. The van der Waals surface area contributed by atoms with Gasteiger partial charge in [-0.15, -0.1) is 0 Å². The number of H-pyrrole nitrogens is 1. The SMILES string of the molecule is CN1CCOc2cnc3[nH]ccc3c21. The van der Waals surface area contributed by atoms with Crippen molar-refractivity contribution in [2.45, 2.75) is 0 Å². The molecule has 14 heavy (non-hydrogen) atoms. The molecule has 1 aliphatic heterocycles. The van der Waals surface area contributed by atoms with Gasteiger partial charge in [0.05, 0.1) is 18.4 Å². The highest BCUT2D eigenvalue weighted by atomic mass is 16.5. The minimum Gasteiger partial charge on any atom is -0.488 e. The van der Waals surface area contributed by atoms with Crippen LogP contribution in [0.15, 0.2) is 18.5 Å². The quantitative estimate of drug-likeness (QED) is 0.681. The Balaban J connectivity index is 2.35. The van der Waals surface area contributed by atoms with Gasteiger partial charge in [-0.1, -0.05) is 0 Å². The molecule has 0 amide bonds. The van der Waals surface area contributed by atoms with Crippen molar-refractivity contribution < 1.29 is 4.74 Å². The van der Waals surface area contributed by atoms with Crippen LogP contribution in [0, 0.1) is 0 Å². The first-order valence-corrected chi connectivity index (χ1v) is 4.66. The zero-order chi connectivity index (χ0) is 9.54. The summed E-state index contributed by atoms with van der Waals surface area (Å²) in [6, 6.07) is 2.03. The predicted molar refractivity (Wildman–Crippen MR) is 54.9 cm³/mol. The zero-order valence-corrected chi connectivity index (χ0v) is 7.95. The second-order valence-corrected chi connectivity index (χ2v) is 3.48. The van der Waals surface area contributed by atoms with E-state index in [0.29, 0.717) is 0 Å². The molecule has 2 aromatic heterocycles. The average Bonchev–Trinajstić information content (AvgIpc) is 2.65. The number of hydrogen-bond donors (Lipinski definition) is 1. The van der Waals surface area contributed by atoms with E-state index in [1.165, 1.54) is 0 Å². The maximum atomic E-state index is 5.55. The summed E-state index contributed by atoms with van der Waals surface area (Å²) in [5.41, 5.74) is 2.06. The molecule has 3 rings (SSSR count). The molecular weight excluding hydrogens is 178 g/mol. The second kappa shape index (κ2) is 2.64. The number of nitrogens with zero attached hydrogens (tertiary/aromatic N) is 2. The van der Waals surface area contributed by atoms with Gasteiger partial charge < -0.3 is 14.6 Å². The van der Waals surface area contributed by atoms with Crippen molar-refractivity contribution in [3.05, 3.63) is 18.5 Å². The molecule has 0 radical (unpaired) electrons. The number of fused-ring (bicyclic) bond motifs is 3. The summed E-state index contributed by atoms with van der Waals surface area (Å²) in [5, 5.41) is 1.13. The largest absolute Gasteiger partial charge is 0.488 e. The van der Waals surface area contributed by atoms with Gasteiger partial charge in [-0.3, -0.25) is 0 Å². The zero-order valence-electron chi connectivity index (χ0n) is 7.95. The van der Waals surface area contributed by atoms with Crippen LogP contribution in [0.4, 0.5) is 5.69 Å². The number of nitrogens with one attached hydrogen (secondary N) is 1. The van der Waals surface area contributed by atoms with Crippen LogP contribution in [0.1, 0.15) is 0 Å². The molecule has 0 spiro atoms. The molecule has 1 aliphatic rings. The standard InChI is InChI=1S/C10H11N3O/c1-13-4-5-14-8-6-12-10-7(9(8)13)2-3-11-10/h2-3,6H,4-5H2,1H3,(H,11,12). The molecule has 4 heteroatoms. The molecule has 3 heterocycles. The number of hydrogen-bond acceptors (Lipinski definition) is 3. The maximum absolute atomic E-state index is 5.55. The number of rotatable bonds is 0. The molecule has 0 saturated heterocycles. The fourth-order valence-electron chi connectivity index (χ4n) is 1.88. The number of anilines is 1. The van der Waals surface area contributed by atoms with Crippen LogP contribution in [0.5, 0.6) is 5.75 Å². The van der Waals surface area contributed by atoms with E-state index in [1.807, 2.05) is 12.3 Å². The summed E-state index contributed by atoms with van der Waals surface area (Å²) in [5.74, 6) is 0.880. The highest BCUT2D eigenvalue weighted by Crippen LogP contribution is 2.35. The van der Waals surface area contributed by atoms with Gasteiger partial charge in [0.2, 0.25) is 0 Å². The lowest BCUT2D eigenvalue weighted by atomic mass is 10.2. The Kier molecular flexibility index (Phi) is 1.45. The first-order valence-electron chi connectivity index (χ1n) is 4.66. The topological polar surface area (TPSA) is 41.1 Å². The van der Waals surface area contributed by atoms with Gasteiger partial charge in [0.15, 0.2) is 5.75 Å². The van der Waals surface area contributed by atoms with Gasteiger partial charge in [-0.25, -0.2) is 4.98 Å². The number of aromatic amines is 1. The highest BCUT2D eigenvalue weighted by molar-refractivity contribution is 5.93. The molecule has 0 fully saturated rings. The Bertz CT molecular complexity index is 477. The molecule has 4 nitrogen and oxygen atoms in total. The molecule has 0 aromatic carbocycles. The summed E-state index contributed by atoms with van der Waals surface area (Å²) in [6.07, 6.45) is 3.68. The molecule has 0 saturated carbocycles. The summed E-state index contributed by atoms with van der Waals surface area (Å²) in [6.45, 7) is 1.67. The lowest BCUT2D eigenvalue weighted by molar-refractivity contribution is 0.311. The van der Waals surface area contributed by atoms with Crippen LogP contribution in [0.2, 0.25) is 0 Å². The molecule has 0 aliphatic carbocycles. The smallest absolute Gasteiger partial charge is 0.161 e. The molecule has 1 N–H and O–H groups in total. The van der Waals surface area contributed by atoms with Crippen molar-refractivity contribution in [3.8, 4) is 5.75 Å². The first kappa shape index (κ1) is 7.67. The van der Waals surface area contributed by atoms with E-state index >= 15 is 0 Å². The monoisotopic (exact) mass is 189 g/mol. The van der Waals surface area contributed by atoms with E-state index in [-0.39, 0.29) is 0 Å². The van der Waals surface area contributed by atoms with Crippen LogP contribution < -0.4 is 9.64 Å². The minimum absolute atomic E-state index is 0.737. The van der Waals surface area contributed by atoms with Crippen LogP contribution >= 0.6 is 0 Å². The maximum Gasteiger partial charge on any atom is 0.161 e. The van der Waals surface area contributed by atoms with Crippen LogP contribution in [-0.4, -0.2) is 30.2 Å². The summed E-state index contributed by atoms with van der Waals surface area (Å²) < 4.78 is 5.55. The Morgan fingerprint density at radius 2 is 2.50 bits per heavy atom. The van der Waals surface area contributed by atoms with Gasteiger partial charge in [0, 0.05) is 18.6 Å². The third-order valence-electron chi connectivity index (χ3n) is 2.59. The fraction of sp³-hybridized carbons (Fsp3) is 0.300. The highest BCUT2D eigenvalue weighted by Gasteiger charge is 2.18. The Hall–Kier alpha value is -1.71. The third-order valence-corrected chi connectivity index (χ3v) is 2.59.